The number of ether oxygens (including phenoxy) is 3. The Balaban J connectivity index is 1.84. The molecule has 1 aromatic heterocycles. The molecular weight excluding hydrogens is 804 g/mol. The van der Waals surface area contributed by atoms with Crippen molar-refractivity contribution in [3.63, 3.8) is 0 Å². The first kappa shape index (κ1) is 41.5. The van der Waals surface area contributed by atoms with Crippen molar-refractivity contribution in [3.8, 4) is 5.75 Å². The second-order valence-electron chi connectivity index (χ2n) is 11.7. The lowest BCUT2D eigenvalue weighted by Crippen LogP contribution is -2.56. The first-order valence-electron chi connectivity index (χ1n) is 15.3. The Morgan fingerprint density at radius 1 is 0.764 bits per heavy atom. The Morgan fingerprint density at radius 3 is 1.65 bits per heavy atom. The molecule has 1 aliphatic heterocycles. The molecule has 0 radical (unpaired) electrons. The van der Waals surface area contributed by atoms with Crippen molar-refractivity contribution in [2.45, 2.75) is 40.7 Å². The van der Waals surface area contributed by atoms with Crippen LogP contribution < -0.4 is 16.0 Å². The number of H-pyrrole nitrogens is 1. The summed E-state index contributed by atoms with van der Waals surface area (Å²) in [7, 11) is -12.1. The van der Waals surface area contributed by atoms with Gasteiger partial charge in [0.25, 0.3) is 5.56 Å². The molecule has 4 aromatic rings. The number of nitrogens with zero attached hydrogens (tertiary/aromatic N) is 1. The molecule has 3 aromatic carbocycles. The summed E-state index contributed by atoms with van der Waals surface area (Å²) in [5.74, 6) is -1.50. The average Bonchev–Trinajstić information content (AvgIpc) is 3.40. The molecule has 0 amide bonds. The second kappa shape index (κ2) is 15.1. The molecule has 1 saturated heterocycles. The number of methoxy groups -OCH3 is 1. The topological polar surface area (TPSA) is 169 Å². The summed E-state index contributed by atoms with van der Waals surface area (Å²) in [6, 6.07) is 20.1. The van der Waals surface area contributed by atoms with Crippen LogP contribution in [0.5, 0.6) is 5.75 Å². The van der Waals surface area contributed by atoms with Crippen molar-refractivity contribution in [3.05, 3.63) is 134 Å². The first-order chi connectivity index (χ1) is 25.6. The largest absolute Gasteiger partial charge is 0.523 e. The minimum absolute atomic E-state index is 0.0177. The fraction of sp³-hybridized carbons (Fsp3) is 0.312. The van der Waals surface area contributed by atoms with Crippen molar-refractivity contribution in [2.24, 2.45) is 0 Å². The predicted molar refractivity (Wildman–Crippen MR) is 172 cm³/mol. The number of aromatic amines is 1. The van der Waals surface area contributed by atoms with E-state index in [1.165, 1.54) is 97.0 Å². The molecule has 2 heterocycles. The molecule has 0 saturated carbocycles. The van der Waals surface area contributed by atoms with E-state index >= 15 is 4.39 Å². The van der Waals surface area contributed by atoms with Gasteiger partial charge in [0.15, 0.2) is 12.4 Å². The first-order valence-corrected chi connectivity index (χ1v) is 18.1. The van der Waals surface area contributed by atoms with Crippen LogP contribution in [0.2, 0.25) is 0 Å². The molecule has 1 aliphatic rings. The van der Waals surface area contributed by atoms with E-state index in [2.05, 4.69) is 8.37 Å². The third kappa shape index (κ3) is 8.02. The monoisotopic (exact) mass is 830 g/mol. The number of aromatic nitrogens is 2. The van der Waals surface area contributed by atoms with E-state index in [-0.39, 0.29) is 33.2 Å². The fourth-order valence-corrected chi connectivity index (χ4v) is 6.65. The molecule has 55 heavy (non-hydrogen) atoms. The van der Waals surface area contributed by atoms with Crippen LogP contribution in [0.1, 0.15) is 22.9 Å². The summed E-state index contributed by atoms with van der Waals surface area (Å²) < 4.78 is 187. The Bertz CT molecular complexity index is 2230. The highest BCUT2D eigenvalue weighted by molar-refractivity contribution is 7.87. The van der Waals surface area contributed by atoms with Gasteiger partial charge in [-0.1, -0.05) is 72.8 Å². The standard InChI is InChI=1S/C32H26F8N2O11S2/c1-49-22-14-12-21(13-15-22)30(19-8-4-2-5-9-19,20-10-6-3-7-11-20)52-25-24(34)27(42-16-23(33)26(43)41-28(42)44)53-29(25,17-50-54(45,46)31(35,36)37)18-51-55(47,48)32(38,39)40/h2-16,24-25,27H,17-18H2,1H3,(H,41,43,44)/t24-,25-,27+/m0/s1. The molecule has 0 spiro atoms. The molecule has 3 atom stereocenters. The highest BCUT2D eigenvalue weighted by Gasteiger charge is 2.63. The fourth-order valence-electron chi connectivity index (χ4n) is 5.67. The zero-order chi connectivity index (χ0) is 40.6. The van der Waals surface area contributed by atoms with Gasteiger partial charge in [-0.05, 0) is 28.8 Å². The third-order valence-corrected chi connectivity index (χ3v) is 10.3. The summed E-state index contributed by atoms with van der Waals surface area (Å²) >= 11 is 0. The van der Waals surface area contributed by atoms with Crippen molar-refractivity contribution in [1.29, 1.82) is 0 Å². The maximum absolute atomic E-state index is 17.3. The molecule has 298 valence electrons. The van der Waals surface area contributed by atoms with E-state index in [4.69, 9.17) is 14.2 Å². The summed E-state index contributed by atoms with van der Waals surface area (Å²) in [4.78, 5) is 26.1. The maximum Gasteiger partial charge on any atom is 0.523 e. The lowest BCUT2D eigenvalue weighted by atomic mass is 9.79. The minimum atomic E-state index is -6.73. The molecule has 5 rings (SSSR count). The van der Waals surface area contributed by atoms with Gasteiger partial charge < -0.3 is 14.2 Å². The van der Waals surface area contributed by atoms with Crippen molar-refractivity contribution in [1.82, 2.24) is 9.55 Å². The highest BCUT2D eigenvalue weighted by Crippen LogP contribution is 2.50. The Hall–Kier alpha value is -4.68. The summed E-state index contributed by atoms with van der Waals surface area (Å²) in [6.45, 7) is -4.38. The molecule has 1 fully saturated rings. The number of halogens is 8. The van der Waals surface area contributed by atoms with Gasteiger partial charge in [0.1, 0.15) is 36.3 Å². The van der Waals surface area contributed by atoms with Gasteiger partial charge in [0.05, 0.1) is 13.3 Å². The third-order valence-electron chi connectivity index (χ3n) is 8.28. The zero-order valence-corrected chi connectivity index (χ0v) is 29.2. The zero-order valence-electron chi connectivity index (χ0n) is 27.6. The van der Waals surface area contributed by atoms with E-state index in [1.54, 1.807) is 0 Å². The van der Waals surface area contributed by atoms with E-state index < -0.39 is 91.2 Å². The highest BCUT2D eigenvalue weighted by atomic mass is 32.2. The maximum atomic E-state index is 17.3. The minimum Gasteiger partial charge on any atom is -0.497 e. The molecule has 23 heteroatoms. The van der Waals surface area contributed by atoms with E-state index in [1.807, 2.05) is 0 Å². The second-order valence-corrected chi connectivity index (χ2v) is 14.9. The summed E-state index contributed by atoms with van der Waals surface area (Å²) in [6.07, 6.45) is -8.52. The average molecular weight is 831 g/mol. The smallest absolute Gasteiger partial charge is 0.497 e. The van der Waals surface area contributed by atoms with Gasteiger partial charge in [-0.25, -0.2) is 9.18 Å². The van der Waals surface area contributed by atoms with Gasteiger partial charge in [-0.15, -0.1) is 0 Å². The number of hydrogen-bond donors (Lipinski definition) is 1. The normalized spacial score (nSPS) is 19.3. The lowest BCUT2D eigenvalue weighted by molar-refractivity contribution is -0.177. The molecule has 0 bridgehead atoms. The van der Waals surface area contributed by atoms with Crippen LogP contribution in [0.15, 0.2) is 101 Å². The molecule has 0 aliphatic carbocycles. The Morgan fingerprint density at radius 2 is 1.22 bits per heavy atom. The van der Waals surface area contributed by atoms with E-state index in [0.29, 0.717) is 0 Å². The van der Waals surface area contributed by atoms with Crippen LogP contribution in [-0.4, -0.2) is 75.6 Å². The van der Waals surface area contributed by atoms with Crippen LogP contribution >= 0.6 is 0 Å². The van der Waals surface area contributed by atoms with Crippen molar-refractivity contribution < 1.29 is 74.5 Å². The van der Waals surface area contributed by atoms with Gasteiger partial charge in [-0.2, -0.15) is 47.6 Å². The number of hydrogen-bond acceptors (Lipinski definition) is 11. The number of alkyl halides is 7. The molecule has 1 N–H and O–H groups in total. The van der Waals surface area contributed by atoms with E-state index in [9.17, 15) is 57.2 Å². The van der Waals surface area contributed by atoms with Gasteiger partial charge in [0.2, 0.25) is 5.82 Å². The van der Waals surface area contributed by atoms with Gasteiger partial charge in [0, 0.05) is 0 Å². The molecule has 0 unspecified atom stereocenters. The van der Waals surface area contributed by atoms with Crippen molar-refractivity contribution in [2.75, 3.05) is 20.3 Å². The van der Waals surface area contributed by atoms with Crippen LogP contribution in [0, 0.1) is 5.82 Å². The Labute approximate surface area is 305 Å². The quantitative estimate of drug-likeness (QED) is 0.0878. The van der Waals surface area contributed by atoms with Crippen LogP contribution in [0.4, 0.5) is 35.1 Å². The predicted octanol–water partition coefficient (Wildman–Crippen LogP) is 4.40. The van der Waals surface area contributed by atoms with Crippen LogP contribution in [-0.2, 0) is 43.7 Å². The summed E-state index contributed by atoms with van der Waals surface area (Å²) in [5.41, 5.74) is -21.3. The number of benzene rings is 3. The molecular formula is C32H26F8N2O11S2. The van der Waals surface area contributed by atoms with E-state index in [0.717, 1.165) is 0 Å². The number of nitrogens with one attached hydrogen (secondary N) is 1. The van der Waals surface area contributed by atoms with Crippen molar-refractivity contribution >= 4 is 20.2 Å². The summed E-state index contributed by atoms with van der Waals surface area (Å²) in [5, 5.41) is 0. The SMILES string of the molecule is COc1ccc(C(O[C@H]2[C@H](F)[C@H](n3cc(F)c(=O)[nH]c3=O)OC2(COS(=O)(=O)C(F)(F)F)COS(=O)(=O)C(F)(F)F)(c2ccccc2)c2ccccc2)cc1. The lowest BCUT2D eigenvalue weighted by Gasteiger charge is -2.42. The van der Waals surface area contributed by atoms with Gasteiger partial charge in [-0.3, -0.25) is 22.7 Å². The van der Waals surface area contributed by atoms with Gasteiger partial charge >= 0.3 is 36.9 Å². The van der Waals surface area contributed by atoms with Crippen LogP contribution in [0.25, 0.3) is 0 Å². The Kier molecular flexibility index (Phi) is 11.4. The van der Waals surface area contributed by atoms with Crippen LogP contribution in [0.3, 0.4) is 0 Å². The molecule has 13 nitrogen and oxygen atoms in total. The number of rotatable bonds is 13.